The third-order valence-corrected chi connectivity index (χ3v) is 4.90. The first-order valence-electron chi connectivity index (χ1n) is 10.9. The Morgan fingerprint density at radius 3 is 2.21 bits per heavy atom. The van der Waals surface area contributed by atoms with E-state index in [-0.39, 0.29) is 12.2 Å². The monoisotopic (exact) mass is 454 g/mol. The Labute approximate surface area is 199 Å². The largest absolute Gasteiger partial charge is 0.489 e. The van der Waals surface area contributed by atoms with Crippen LogP contribution in [0.5, 0.6) is 5.75 Å². The fourth-order valence-electron chi connectivity index (χ4n) is 3.40. The predicted molar refractivity (Wildman–Crippen MR) is 131 cm³/mol. The molecule has 0 bridgehead atoms. The van der Waals surface area contributed by atoms with E-state index in [0.717, 1.165) is 5.56 Å². The van der Waals surface area contributed by atoms with Crippen LogP contribution in [0.3, 0.4) is 0 Å². The molecule has 172 valence electrons. The molecule has 1 amide bonds. The lowest BCUT2D eigenvalue weighted by molar-refractivity contribution is -0.112. The van der Waals surface area contributed by atoms with Crippen LogP contribution in [0.25, 0.3) is 6.08 Å². The number of nitrogens with zero attached hydrogens (tertiary/aromatic N) is 1. The second kappa shape index (κ2) is 11.5. The number of esters is 1. The van der Waals surface area contributed by atoms with Gasteiger partial charge in [0.1, 0.15) is 24.0 Å². The van der Waals surface area contributed by atoms with Gasteiger partial charge in [-0.25, -0.2) is 4.79 Å². The number of anilines is 1. The Balaban J connectivity index is 1.62. The topological polar surface area (TPSA) is 88.4 Å². The highest BCUT2D eigenvalue weighted by molar-refractivity contribution is 6.09. The summed E-state index contributed by atoms with van der Waals surface area (Å²) in [4.78, 5) is 24.3. The van der Waals surface area contributed by atoms with Crippen LogP contribution in [-0.2, 0) is 16.1 Å². The van der Waals surface area contributed by atoms with E-state index in [1.165, 1.54) is 17.2 Å². The van der Waals surface area contributed by atoms with E-state index >= 15 is 0 Å². The summed E-state index contributed by atoms with van der Waals surface area (Å²) in [6, 6.07) is 21.7. The van der Waals surface area contributed by atoms with Gasteiger partial charge in [-0.15, -0.1) is 0 Å². The lowest BCUT2D eigenvalue weighted by Gasteiger charge is -2.09. The van der Waals surface area contributed by atoms with Gasteiger partial charge in [0.15, 0.2) is 0 Å². The van der Waals surface area contributed by atoms with E-state index in [4.69, 9.17) is 9.47 Å². The zero-order valence-corrected chi connectivity index (χ0v) is 19.4. The van der Waals surface area contributed by atoms with E-state index in [0.29, 0.717) is 29.2 Å². The van der Waals surface area contributed by atoms with Crippen molar-refractivity contribution in [2.75, 3.05) is 11.9 Å². The van der Waals surface area contributed by atoms with E-state index < -0.39 is 11.9 Å². The highest BCUT2D eigenvalue weighted by Gasteiger charge is 2.11. The van der Waals surface area contributed by atoms with E-state index in [1.54, 1.807) is 55.5 Å². The number of benzene rings is 3. The summed E-state index contributed by atoms with van der Waals surface area (Å²) in [5.41, 5.74) is 4.99. The Hall–Kier alpha value is -4.37. The number of hydrogen-bond donors (Lipinski definition) is 1. The van der Waals surface area contributed by atoms with Crippen LogP contribution >= 0.6 is 0 Å². The molecule has 0 fully saturated rings. The van der Waals surface area contributed by atoms with Gasteiger partial charge in [0, 0.05) is 5.69 Å². The number of rotatable bonds is 8. The van der Waals surface area contributed by atoms with Gasteiger partial charge >= 0.3 is 5.97 Å². The molecule has 0 radical (unpaired) electrons. The number of hydrogen-bond acceptors (Lipinski definition) is 5. The number of carbonyl (C=O) groups excluding carboxylic acids is 2. The molecule has 0 saturated carbocycles. The van der Waals surface area contributed by atoms with Gasteiger partial charge in [-0.2, -0.15) is 5.26 Å². The van der Waals surface area contributed by atoms with Gasteiger partial charge in [-0.05, 0) is 74.4 Å². The Kier molecular flexibility index (Phi) is 8.20. The van der Waals surface area contributed by atoms with E-state index in [2.05, 4.69) is 37.4 Å². The predicted octanol–water partition coefficient (Wildman–Crippen LogP) is 5.60. The summed E-state index contributed by atoms with van der Waals surface area (Å²) in [6.07, 6.45) is 1.51. The molecule has 0 aliphatic rings. The lowest BCUT2D eigenvalue weighted by Crippen LogP contribution is -2.13. The zero-order valence-electron chi connectivity index (χ0n) is 19.4. The molecule has 0 aliphatic heterocycles. The summed E-state index contributed by atoms with van der Waals surface area (Å²) in [7, 11) is 0. The maximum atomic E-state index is 12.5. The minimum atomic E-state index is -0.540. The highest BCUT2D eigenvalue weighted by Crippen LogP contribution is 2.18. The third-order valence-electron chi connectivity index (χ3n) is 4.90. The van der Waals surface area contributed by atoms with Crippen LogP contribution in [0.2, 0.25) is 0 Å². The molecule has 3 aromatic carbocycles. The summed E-state index contributed by atoms with van der Waals surface area (Å²) in [6.45, 7) is 6.58. The normalized spacial score (nSPS) is 10.8. The average molecular weight is 455 g/mol. The molecule has 0 unspecified atom stereocenters. The lowest BCUT2D eigenvalue weighted by atomic mass is 10.1. The van der Waals surface area contributed by atoms with Gasteiger partial charge in [0.25, 0.3) is 5.91 Å². The number of nitriles is 1. The van der Waals surface area contributed by atoms with Crippen LogP contribution in [-0.4, -0.2) is 18.5 Å². The smallest absolute Gasteiger partial charge is 0.338 e. The van der Waals surface area contributed by atoms with Crippen LogP contribution in [0, 0.1) is 25.2 Å². The Morgan fingerprint density at radius 2 is 1.62 bits per heavy atom. The first-order valence-corrected chi connectivity index (χ1v) is 10.9. The van der Waals surface area contributed by atoms with Gasteiger partial charge < -0.3 is 14.8 Å². The van der Waals surface area contributed by atoms with Crippen molar-refractivity contribution in [1.29, 1.82) is 5.26 Å². The van der Waals surface area contributed by atoms with Crippen molar-refractivity contribution >= 4 is 23.6 Å². The van der Waals surface area contributed by atoms with Gasteiger partial charge in [-0.3, -0.25) is 4.79 Å². The van der Waals surface area contributed by atoms with Gasteiger partial charge in [-0.1, -0.05) is 41.5 Å². The molecular formula is C28H26N2O4. The van der Waals surface area contributed by atoms with E-state index in [9.17, 15) is 14.9 Å². The molecule has 34 heavy (non-hydrogen) atoms. The number of ether oxygens (including phenoxy) is 2. The van der Waals surface area contributed by atoms with E-state index in [1.807, 2.05) is 6.07 Å². The fraction of sp³-hybridized carbons (Fsp3) is 0.179. The van der Waals surface area contributed by atoms with Crippen LogP contribution < -0.4 is 10.1 Å². The zero-order chi connectivity index (χ0) is 24.5. The fourth-order valence-corrected chi connectivity index (χ4v) is 3.40. The SMILES string of the molecule is CCOC(=O)c1ccc(NC(=O)/C(C#N)=C/c2ccc(OCc3cc(C)cc(C)c3)cc2)cc1. The summed E-state index contributed by atoms with van der Waals surface area (Å²) < 4.78 is 10.8. The van der Waals surface area contributed by atoms with Crippen molar-refractivity contribution in [3.8, 4) is 11.8 Å². The molecule has 0 aromatic heterocycles. The Morgan fingerprint density at radius 1 is 0.971 bits per heavy atom. The molecule has 0 saturated heterocycles. The van der Waals surface area contributed by atoms with Crippen molar-refractivity contribution in [2.24, 2.45) is 0 Å². The summed E-state index contributed by atoms with van der Waals surface area (Å²) >= 11 is 0. The molecule has 0 aliphatic carbocycles. The minimum Gasteiger partial charge on any atom is -0.489 e. The van der Waals surface area contributed by atoms with Crippen molar-refractivity contribution in [3.63, 3.8) is 0 Å². The van der Waals surface area contributed by atoms with Crippen LogP contribution in [0.1, 0.15) is 39.5 Å². The molecule has 0 atom stereocenters. The quantitative estimate of drug-likeness (QED) is 0.272. The summed E-state index contributed by atoms with van der Waals surface area (Å²) in [5, 5.41) is 12.1. The first-order chi connectivity index (χ1) is 16.4. The van der Waals surface area contributed by atoms with Crippen molar-refractivity contribution < 1.29 is 19.1 Å². The van der Waals surface area contributed by atoms with Gasteiger partial charge in [0.2, 0.25) is 0 Å². The van der Waals surface area contributed by atoms with Crippen LogP contribution in [0.4, 0.5) is 5.69 Å². The average Bonchev–Trinajstić information content (AvgIpc) is 2.82. The number of carbonyl (C=O) groups is 2. The number of aryl methyl sites for hydroxylation is 2. The second-order valence-corrected chi connectivity index (χ2v) is 7.78. The number of nitrogens with one attached hydrogen (secondary N) is 1. The Bertz CT molecular complexity index is 1220. The molecule has 6 nitrogen and oxygen atoms in total. The van der Waals surface area contributed by atoms with Crippen molar-refractivity contribution in [2.45, 2.75) is 27.4 Å². The molecule has 3 rings (SSSR count). The first kappa shape index (κ1) is 24.3. The maximum Gasteiger partial charge on any atom is 0.338 e. The highest BCUT2D eigenvalue weighted by atomic mass is 16.5. The van der Waals surface area contributed by atoms with Crippen molar-refractivity contribution in [3.05, 3.63) is 100 Å². The molecule has 0 spiro atoms. The molecule has 3 aromatic rings. The van der Waals surface area contributed by atoms with Crippen LogP contribution in [0.15, 0.2) is 72.3 Å². The molecule has 0 heterocycles. The molecule has 1 N–H and O–H groups in total. The second-order valence-electron chi connectivity index (χ2n) is 7.78. The third kappa shape index (κ3) is 6.81. The van der Waals surface area contributed by atoms with Crippen molar-refractivity contribution in [1.82, 2.24) is 0 Å². The summed E-state index contributed by atoms with van der Waals surface area (Å²) in [5.74, 6) is -0.276. The maximum absolute atomic E-state index is 12.5. The standard InChI is InChI=1S/C28H26N2O4/c1-4-33-28(32)23-7-9-25(10-8-23)30-27(31)24(17-29)16-21-5-11-26(12-6-21)34-18-22-14-19(2)13-20(3)15-22/h5-16H,4,18H2,1-3H3,(H,30,31)/b24-16+. The van der Waals surface area contributed by atoms with Gasteiger partial charge in [0.05, 0.1) is 12.2 Å². The molecule has 6 heteroatoms. The minimum absolute atomic E-state index is 0.0432. The number of amides is 1. The molecular weight excluding hydrogens is 428 g/mol.